The third kappa shape index (κ3) is 62.5. The second kappa shape index (κ2) is 79.4. The van der Waals surface area contributed by atoms with Crippen molar-refractivity contribution in [2.45, 2.75) is 297 Å². The molecule has 0 atom stereocenters. The number of hydrogen-bond acceptors (Lipinski definition) is 15. The van der Waals surface area contributed by atoms with Crippen LogP contribution in [0.25, 0.3) is 0 Å². The zero-order chi connectivity index (χ0) is 71.8. The zero-order valence-electron chi connectivity index (χ0n) is 64.3. The van der Waals surface area contributed by atoms with Crippen LogP contribution >= 0.6 is 34.4 Å². The molecule has 0 aromatic carbocycles. The van der Waals surface area contributed by atoms with Crippen LogP contribution in [0, 0.1) is 5.92 Å². The predicted octanol–water partition coefficient (Wildman–Crippen LogP) is 26.1. The summed E-state index contributed by atoms with van der Waals surface area (Å²) in [5.74, 6) is 6.75. The van der Waals surface area contributed by atoms with Crippen LogP contribution in [-0.4, -0.2) is 61.8 Å². The fourth-order valence-corrected chi connectivity index (χ4v) is 6.99. The molecule has 522 valence electrons. The van der Waals surface area contributed by atoms with Gasteiger partial charge in [-0.05, 0) is 93.8 Å². The van der Waals surface area contributed by atoms with Crippen molar-refractivity contribution in [2.75, 3.05) is 6.54 Å². The maximum absolute atomic E-state index is 4.98. The summed E-state index contributed by atoms with van der Waals surface area (Å²) >= 11 is 4.76. The Morgan fingerprint density at radius 3 is 1.17 bits per heavy atom. The highest BCUT2D eigenvalue weighted by Gasteiger charge is 2.04. The van der Waals surface area contributed by atoms with E-state index in [1.165, 1.54) is 68.9 Å². The van der Waals surface area contributed by atoms with E-state index in [4.69, 9.17) is 13.3 Å². The Kier molecular flexibility index (Phi) is 91.1. The first-order chi connectivity index (χ1) is 43.2. The van der Waals surface area contributed by atoms with E-state index in [0.717, 1.165) is 23.9 Å². The van der Waals surface area contributed by atoms with Gasteiger partial charge in [0.15, 0.2) is 18.7 Å². The maximum Gasteiger partial charge on any atom is 0.196 e. The molecular formula is C73H139N11O3S3. The van der Waals surface area contributed by atoms with Gasteiger partial charge in [0.05, 0.1) is 35.8 Å². The molecule has 0 fully saturated rings. The standard InChI is InChI=1S/C7H11N.2C6H10N2.3C6H9NO.3C6H9NS.9C2H6/c1-6(2)7-3-4-8-5-7;2*1-5(2)6-3-4-7-8-6;1-5(2)6-3-8-4-7-6;1-5(2)6-3-7-4-8-6;1-5(2)6-7-3-4-8-6;1-5(2)6-3-7-4-8-6;1-5(2)6-3-7-8-4-6;1-5(2)6-3-4-8-7-6;9*1-2/h3,5-6H,4H2,1-2H3;2*3-5H,1-2H3,(H,7,8);6*3-5H,1-2H3;9*1-2H3. The highest BCUT2D eigenvalue weighted by Crippen LogP contribution is 2.18. The molecule has 1 aliphatic heterocycles. The van der Waals surface area contributed by atoms with Crippen LogP contribution in [0.15, 0.2) is 127 Å². The lowest BCUT2D eigenvalue weighted by Gasteiger charge is -1.98. The largest absolute Gasteiger partial charge is 0.451 e. The lowest BCUT2D eigenvalue weighted by molar-refractivity contribution is 0.471. The second-order valence-corrected chi connectivity index (χ2v) is 21.3. The van der Waals surface area contributed by atoms with Crippen LogP contribution in [0.4, 0.5) is 0 Å². The van der Waals surface area contributed by atoms with Crippen LogP contribution in [0.5, 0.6) is 0 Å². The first-order valence-electron chi connectivity index (χ1n) is 33.8. The minimum Gasteiger partial charge on any atom is -0.451 e. The van der Waals surface area contributed by atoms with Gasteiger partial charge in [-0.2, -0.15) is 14.6 Å². The second-order valence-electron chi connectivity index (χ2n) is 19.1. The van der Waals surface area contributed by atoms with Crippen molar-refractivity contribution in [3.63, 3.8) is 0 Å². The summed E-state index contributed by atoms with van der Waals surface area (Å²) in [6.45, 7) is 75.2. The van der Waals surface area contributed by atoms with Crippen LogP contribution in [-0.2, 0) is 0 Å². The van der Waals surface area contributed by atoms with Crippen molar-refractivity contribution in [3.05, 3.63) is 153 Å². The van der Waals surface area contributed by atoms with Gasteiger partial charge in [0.1, 0.15) is 18.3 Å². The van der Waals surface area contributed by atoms with Gasteiger partial charge >= 0.3 is 0 Å². The number of allylic oxidation sites excluding steroid dienone is 1. The Balaban J connectivity index is -0.000000113. The van der Waals surface area contributed by atoms with Crippen LogP contribution in [0.2, 0.25) is 0 Å². The van der Waals surface area contributed by atoms with Gasteiger partial charge in [-0.15, -0.1) is 11.3 Å². The minimum atomic E-state index is 0.407. The number of aromatic amines is 2. The van der Waals surface area contributed by atoms with Gasteiger partial charge in [-0.1, -0.05) is 255 Å². The molecule has 2 N–H and O–H groups in total. The van der Waals surface area contributed by atoms with Crippen LogP contribution in [0.3, 0.4) is 0 Å². The average Bonchev–Trinajstić information content (AvgIpc) is 4.50. The molecule has 14 nitrogen and oxygen atoms in total. The van der Waals surface area contributed by atoms with Crippen LogP contribution in [0.1, 0.15) is 341 Å². The number of hydrogen-bond donors (Lipinski definition) is 2. The van der Waals surface area contributed by atoms with Crippen molar-refractivity contribution in [3.8, 4) is 0 Å². The number of nitrogens with one attached hydrogen (secondary N) is 2. The fourth-order valence-electron chi connectivity index (χ4n) is 5.00. The molecule has 0 radical (unpaired) electrons. The summed E-state index contributed by atoms with van der Waals surface area (Å²) in [6.07, 6.45) is 21.1. The molecule has 9 heterocycles. The number of rotatable bonds is 9. The van der Waals surface area contributed by atoms with Gasteiger partial charge in [0.25, 0.3) is 0 Å². The van der Waals surface area contributed by atoms with E-state index in [-0.39, 0.29) is 0 Å². The Labute approximate surface area is 567 Å². The van der Waals surface area contributed by atoms with Gasteiger partial charge in [0.2, 0.25) is 0 Å². The van der Waals surface area contributed by atoms with E-state index >= 15 is 0 Å². The third-order valence-electron chi connectivity index (χ3n) is 9.82. The zero-order valence-corrected chi connectivity index (χ0v) is 66.7. The van der Waals surface area contributed by atoms with Crippen molar-refractivity contribution in [1.82, 2.24) is 49.1 Å². The van der Waals surface area contributed by atoms with Gasteiger partial charge in [-0.3, -0.25) is 20.2 Å². The minimum absolute atomic E-state index is 0.407. The number of oxazole rings is 3. The smallest absolute Gasteiger partial charge is 0.196 e. The number of thiazole rings is 1. The summed E-state index contributed by atoms with van der Waals surface area (Å²) in [7, 11) is 0. The number of aromatic nitrogens is 10. The molecule has 0 saturated carbocycles. The Morgan fingerprint density at radius 1 is 0.467 bits per heavy atom. The van der Waals surface area contributed by atoms with E-state index in [2.05, 4.69) is 182 Å². The Hall–Kier alpha value is -5.65. The first kappa shape index (κ1) is 103. The monoisotopic (exact) mass is 1310 g/mol. The summed E-state index contributed by atoms with van der Waals surface area (Å²) < 4.78 is 22.9. The molecule has 90 heavy (non-hydrogen) atoms. The lowest BCUT2D eigenvalue weighted by atomic mass is 10.1. The predicted molar refractivity (Wildman–Crippen MR) is 404 cm³/mol. The summed E-state index contributed by atoms with van der Waals surface area (Å²) in [5.41, 5.74) is 9.21. The van der Waals surface area contributed by atoms with Crippen LogP contribution < -0.4 is 0 Å². The van der Waals surface area contributed by atoms with E-state index in [9.17, 15) is 0 Å². The third-order valence-corrected chi connectivity index (χ3v) is 12.1. The van der Waals surface area contributed by atoms with Gasteiger partial charge in [0, 0.05) is 69.9 Å². The van der Waals surface area contributed by atoms with Crippen molar-refractivity contribution in [2.24, 2.45) is 10.9 Å². The molecule has 1 aliphatic rings. The molecule has 0 spiro atoms. The summed E-state index contributed by atoms with van der Waals surface area (Å²) in [5, 5.41) is 17.5. The van der Waals surface area contributed by atoms with E-state index in [1.54, 1.807) is 48.7 Å². The molecule has 0 aliphatic carbocycles. The fraction of sp³-hybridized carbons (Fsp3) is 0.630. The van der Waals surface area contributed by atoms with Crippen molar-refractivity contribution < 1.29 is 13.3 Å². The quantitative estimate of drug-likeness (QED) is 0.140. The average molecular weight is 1320 g/mol. The summed E-state index contributed by atoms with van der Waals surface area (Å²) in [4.78, 5) is 21.1. The van der Waals surface area contributed by atoms with Gasteiger partial charge in [-0.25, -0.2) is 19.3 Å². The molecule has 17 heteroatoms. The van der Waals surface area contributed by atoms with E-state index in [1.807, 2.05) is 180 Å². The molecule has 0 unspecified atom stereocenters. The molecule has 9 rings (SSSR count). The number of H-pyrrole nitrogens is 2. The topological polar surface area (TPSA) is 186 Å². The molecule has 8 aromatic rings. The molecule has 0 saturated heterocycles. The SMILES string of the molecule is CC.CC.CC.CC.CC.CC.CC.CC.CC.CC(C)C1=CCN=C1.CC(C)c1ccn[nH]1.CC(C)c1ccn[nH]1.CC(C)c1ccsn1.CC(C)c1cnco1.CC(C)c1cncs1.CC(C)c1cnsc1.CC(C)c1cocn1.CC(C)c1ncco1. The normalized spacial score (nSPS) is 9.54. The molecule has 0 bridgehead atoms. The van der Waals surface area contributed by atoms with Crippen molar-refractivity contribution in [1.29, 1.82) is 0 Å². The Morgan fingerprint density at radius 2 is 0.989 bits per heavy atom. The molecule has 8 aromatic heterocycles. The maximum atomic E-state index is 4.98. The van der Waals surface area contributed by atoms with Gasteiger partial charge < -0.3 is 13.3 Å². The molecular weight excluding hydrogens is 1180 g/mol. The van der Waals surface area contributed by atoms with E-state index in [0.29, 0.717) is 53.3 Å². The summed E-state index contributed by atoms with van der Waals surface area (Å²) in [6, 6.07) is 6.05. The number of nitrogens with zero attached hydrogens (tertiary/aromatic N) is 9. The van der Waals surface area contributed by atoms with Crippen molar-refractivity contribution >= 4 is 40.6 Å². The number of aliphatic imine (C=N–C) groups is 1. The molecule has 0 amide bonds. The Bertz CT molecular complexity index is 1910. The first-order valence-corrected chi connectivity index (χ1v) is 36.3. The lowest BCUT2D eigenvalue weighted by Crippen LogP contribution is -1.90. The highest BCUT2D eigenvalue weighted by atomic mass is 32.1. The highest BCUT2D eigenvalue weighted by molar-refractivity contribution is 7.09. The van der Waals surface area contributed by atoms with E-state index < -0.39 is 0 Å².